The lowest BCUT2D eigenvalue weighted by Crippen LogP contribution is -2.37. The van der Waals surface area contributed by atoms with Gasteiger partial charge in [-0.3, -0.25) is 0 Å². The molecule has 1 aliphatic carbocycles. The maximum Gasteiger partial charge on any atom is 0.185 e. The van der Waals surface area contributed by atoms with Crippen molar-refractivity contribution >= 4 is 16.5 Å². The summed E-state index contributed by atoms with van der Waals surface area (Å²) >= 11 is 1.61. The maximum absolute atomic E-state index is 9.55. The van der Waals surface area contributed by atoms with Crippen LogP contribution in [0.3, 0.4) is 0 Å². The summed E-state index contributed by atoms with van der Waals surface area (Å²) in [5, 5.41) is 10.6. The Bertz CT molecular complexity index is 390. The van der Waals surface area contributed by atoms with Gasteiger partial charge >= 0.3 is 0 Å². The van der Waals surface area contributed by atoms with Crippen LogP contribution >= 0.6 is 11.3 Å². The first-order valence-electron chi connectivity index (χ1n) is 6.76. The van der Waals surface area contributed by atoms with E-state index in [9.17, 15) is 5.11 Å². The molecule has 1 aliphatic rings. The molecular weight excluding hydrogens is 244 g/mol. The van der Waals surface area contributed by atoms with E-state index in [-0.39, 0.29) is 0 Å². The average molecular weight is 268 g/mol. The minimum atomic E-state index is -0.407. The van der Waals surface area contributed by atoms with Gasteiger partial charge in [0.25, 0.3) is 0 Å². The molecule has 18 heavy (non-hydrogen) atoms. The molecule has 102 valence electrons. The van der Waals surface area contributed by atoms with Crippen LogP contribution in [0.1, 0.15) is 57.4 Å². The number of rotatable bonds is 3. The van der Waals surface area contributed by atoms with Crippen molar-refractivity contribution in [3.05, 3.63) is 11.1 Å². The van der Waals surface area contributed by atoms with Gasteiger partial charge in [0.1, 0.15) is 0 Å². The molecule has 1 aromatic heterocycles. The van der Waals surface area contributed by atoms with Crippen LogP contribution in [0.4, 0.5) is 5.13 Å². The molecule has 2 rings (SSSR count). The number of hydrogen-bond donors (Lipinski definition) is 1. The highest BCUT2D eigenvalue weighted by molar-refractivity contribution is 7.15. The van der Waals surface area contributed by atoms with Gasteiger partial charge in [-0.25, -0.2) is 4.98 Å². The zero-order valence-electron chi connectivity index (χ0n) is 11.8. The van der Waals surface area contributed by atoms with E-state index in [1.54, 1.807) is 24.5 Å². The quantitative estimate of drug-likeness (QED) is 0.910. The summed E-state index contributed by atoms with van der Waals surface area (Å²) in [5.74, 6) is 0. The molecule has 0 amide bonds. The third-order valence-corrected chi connectivity index (χ3v) is 5.34. The molecule has 1 unspecified atom stereocenters. The minimum Gasteiger partial charge on any atom is -0.388 e. The fourth-order valence-corrected chi connectivity index (χ4v) is 3.45. The van der Waals surface area contributed by atoms with Gasteiger partial charge in [0.2, 0.25) is 0 Å². The van der Waals surface area contributed by atoms with Gasteiger partial charge in [-0.15, -0.1) is 0 Å². The fraction of sp³-hybridized carbons (Fsp3) is 0.786. The van der Waals surface area contributed by atoms with Gasteiger partial charge in [0, 0.05) is 19.3 Å². The average Bonchev–Trinajstić information content (AvgIpc) is 2.77. The first kappa shape index (κ1) is 13.8. The second-order valence-corrected chi connectivity index (χ2v) is 7.27. The number of aromatic nitrogens is 1. The fourth-order valence-electron chi connectivity index (χ4n) is 2.56. The largest absolute Gasteiger partial charge is 0.388 e. The van der Waals surface area contributed by atoms with Crippen LogP contribution in [0.5, 0.6) is 0 Å². The third kappa shape index (κ3) is 3.04. The van der Waals surface area contributed by atoms with E-state index in [1.165, 1.54) is 25.7 Å². The SMILES string of the molecule is CC(O)c1cnc(N(C)C2CCC(C)(C)CC2)s1. The van der Waals surface area contributed by atoms with Gasteiger partial charge in [-0.05, 0) is 38.0 Å². The van der Waals surface area contributed by atoms with Crippen LogP contribution in [0.25, 0.3) is 0 Å². The number of nitrogens with zero attached hydrogens (tertiary/aromatic N) is 2. The molecule has 0 bridgehead atoms. The van der Waals surface area contributed by atoms with E-state index in [4.69, 9.17) is 0 Å². The van der Waals surface area contributed by atoms with Gasteiger partial charge in [0.15, 0.2) is 5.13 Å². The molecular formula is C14H24N2OS. The van der Waals surface area contributed by atoms with Crippen molar-refractivity contribution in [2.24, 2.45) is 5.41 Å². The lowest BCUT2D eigenvalue weighted by molar-refractivity contribution is 0.203. The lowest BCUT2D eigenvalue weighted by Gasteiger charge is -2.38. The molecule has 0 spiro atoms. The van der Waals surface area contributed by atoms with Crippen molar-refractivity contribution in [1.82, 2.24) is 4.98 Å². The van der Waals surface area contributed by atoms with Crippen LogP contribution in [0.2, 0.25) is 0 Å². The molecule has 3 nitrogen and oxygen atoms in total. The topological polar surface area (TPSA) is 36.4 Å². The van der Waals surface area contributed by atoms with Gasteiger partial charge in [0.05, 0.1) is 11.0 Å². The summed E-state index contributed by atoms with van der Waals surface area (Å²) in [6.07, 6.45) is 6.46. The van der Waals surface area contributed by atoms with Gasteiger partial charge in [-0.2, -0.15) is 0 Å². The van der Waals surface area contributed by atoms with Crippen molar-refractivity contribution < 1.29 is 5.11 Å². The maximum atomic E-state index is 9.55. The summed E-state index contributed by atoms with van der Waals surface area (Å²) in [5.41, 5.74) is 0.505. The Labute approximate surface area is 114 Å². The molecule has 0 saturated heterocycles. The Morgan fingerprint density at radius 2 is 2.06 bits per heavy atom. The zero-order valence-corrected chi connectivity index (χ0v) is 12.6. The Hall–Kier alpha value is -0.610. The van der Waals surface area contributed by atoms with Gasteiger partial charge in [-0.1, -0.05) is 25.2 Å². The highest BCUT2D eigenvalue weighted by Crippen LogP contribution is 2.38. The molecule has 0 radical (unpaired) electrons. The third-order valence-electron chi connectivity index (χ3n) is 4.08. The van der Waals surface area contributed by atoms with E-state index < -0.39 is 6.10 Å². The van der Waals surface area contributed by atoms with Crippen molar-refractivity contribution in [1.29, 1.82) is 0 Å². The number of aliphatic hydroxyl groups is 1. The number of thiazole rings is 1. The number of hydrogen-bond acceptors (Lipinski definition) is 4. The van der Waals surface area contributed by atoms with Crippen LogP contribution in [0.15, 0.2) is 6.20 Å². The van der Waals surface area contributed by atoms with Crippen LogP contribution in [0, 0.1) is 5.41 Å². The minimum absolute atomic E-state index is 0.407. The first-order chi connectivity index (χ1) is 8.39. The Morgan fingerprint density at radius 1 is 1.44 bits per heavy atom. The molecule has 4 heteroatoms. The standard InChI is InChI=1S/C14H24N2OS/c1-10(17)12-9-15-13(18-12)16(4)11-5-7-14(2,3)8-6-11/h9-11,17H,5-8H2,1-4H3. The number of anilines is 1. The Morgan fingerprint density at radius 3 is 2.56 bits per heavy atom. The van der Waals surface area contributed by atoms with Crippen molar-refractivity contribution in [3.63, 3.8) is 0 Å². The Kier molecular flexibility index (Phi) is 3.97. The molecule has 0 aromatic carbocycles. The highest BCUT2D eigenvalue weighted by atomic mass is 32.1. The summed E-state index contributed by atoms with van der Waals surface area (Å²) < 4.78 is 0. The Balaban J connectivity index is 2.00. The molecule has 1 heterocycles. The van der Waals surface area contributed by atoms with Crippen molar-refractivity contribution in [2.45, 2.75) is 58.6 Å². The van der Waals surface area contributed by atoms with E-state index >= 15 is 0 Å². The number of aliphatic hydroxyl groups excluding tert-OH is 1. The summed E-state index contributed by atoms with van der Waals surface area (Å²) in [6.45, 7) is 6.51. The van der Waals surface area contributed by atoms with E-state index in [1.807, 2.05) is 0 Å². The van der Waals surface area contributed by atoms with E-state index in [2.05, 4.69) is 30.8 Å². The molecule has 1 atom stereocenters. The molecule has 0 aliphatic heterocycles. The monoisotopic (exact) mass is 268 g/mol. The van der Waals surface area contributed by atoms with E-state index in [0.29, 0.717) is 11.5 Å². The molecule has 1 fully saturated rings. The predicted molar refractivity (Wildman–Crippen MR) is 77.2 cm³/mol. The van der Waals surface area contributed by atoms with Crippen LogP contribution in [-0.2, 0) is 0 Å². The zero-order chi connectivity index (χ0) is 13.3. The second kappa shape index (κ2) is 5.17. The van der Waals surface area contributed by atoms with Crippen molar-refractivity contribution in [3.8, 4) is 0 Å². The van der Waals surface area contributed by atoms with Crippen LogP contribution in [-0.4, -0.2) is 23.2 Å². The normalized spacial score (nSPS) is 21.8. The lowest BCUT2D eigenvalue weighted by atomic mass is 9.75. The van der Waals surface area contributed by atoms with E-state index in [0.717, 1.165) is 10.0 Å². The first-order valence-corrected chi connectivity index (χ1v) is 7.57. The molecule has 1 N–H and O–H groups in total. The summed E-state index contributed by atoms with van der Waals surface area (Å²) in [6, 6.07) is 0.603. The van der Waals surface area contributed by atoms with Crippen LogP contribution < -0.4 is 4.90 Å². The summed E-state index contributed by atoms with van der Waals surface area (Å²) in [7, 11) is 2.13. The second-order valence-electron chi connectivity index (χ2n) is 6.23. The smallest absolute Gasteiger partial charge is 0.185 e. The van der Waals surface area contributed by atoms with Gasteiger partial charge < -0.3 is 10.0 Å². The molecule has 1 aromatic rings. The highest BCUT2D eigenvalue weighted by Gasteiger charge is 2.29. The van der Waals surface area contributed by atoms with Crippen molar-refractivity contribution in [2.75, 3.05) is 11.9 Å². The predicted octanol–water partition coefficient (Wildman–Crippen LogP) is 3.60. The molecule has 1 saturated carbocycles. The summed E-state index contributed by atoms with van der Waals surface area (Å²) in [4.78, 5) is 7.68.